The van der Waals surface area contributed by atoms with Crippen molar-refractivity contribution in [1.82, 2.24) is 0 Å². The fraction of sp³-hybridized carbons (Fsp3) is 1.00. The normalized spacial score (nSPS) is 31.5. The lowest BCUT2D eigenvalue weighted by Gasteiger charge is -2.39. The Hall–Kier alpha value is -0.110. The average molecular weight is 201 g/mol. The van der Waals surface area contributed by atoms with E-state index < -0.39 is 5.67 Å². The van der Waals surface area contributed by atoms with E-state index in [9.17, 15) is 4.39 Å². The maximum absolute atomic E-state index is 13.7. The van der Waals surface area contributed by atoms with Crippen LogP contribution in [0.1, 0.15) is 64.7 Å². The molecular formula is C12H24FN. The van der Waals surface area contributed by atoms with Crippen LogP contribution in [0.15, 0.2) is 0 Å². The van der Waals surface area contributed by atoms with E-state index in [1.165, 1.54) is 32.1 Å². The lowest BCUT2D eigenvalue weighted by molar-refractivity contribution is 0.0324. The van der Waals surface area contributed by atoms with Gasteiger partial charge in [0.2, 0.25) is 0 Å². The number of hydrogen-bond donors (Lipinski definition) is 1. The Labute approximate surface area is 87.3 Å². The summed E-state index contributed by atoms with van der Waals surface area (Å²) in [7, 11) is 0. The van der Waals surface area contributed by atoms with Gasteiger partial charge in [-0.2, -0.15) is 0 Å². The maximum atomic E-state index is 13.7. The molecule has 0 atom stereocenters. The zero-order valence-corrected chi connectivity index (χ0v) is 9.40. The standard InChI is InChI=1S/C12H24FN/c1-2-3-4-5-6-7-8-12(13)9-11(14)10-12/h11H,2-10,14H2,1H3. The molecule has 14 heavy (non-hydrogen) atoms. The molecule has 2 heteroatoms. The summed E-state index contributed by atoms with van der Waals surface area (Å²) in [5.74, 6) is 0. The molecule has 1 saturated carbocycles. The third-order valence-electron chi connectivity index (χ3n) is 3.23. The number of alkyl halides is 1. The number of halogens is 1. The first-order chi connectivity index (χ1) is 6.66. The third kappa shape index (κ3) is 3.95. The number of unbranched alkanes of at least 4 members (excludes halogenated alkanes) is 5. The zero-order chi connectivity index (χ0) is 10.4. The highest BCUT2D eigenvalue weighted by Gasteiger charge is 2.41. The quantitative estimate of drug-likeness (QED) is 0.626. The Bertz CT molecular complexity index is 152. The van der Waals surface area contributed by atoms with Crippen molar-refractivity contribution >= 4 is 0 Å². The van der Waals surface area contributed by atoms with Crippen LogP contribution in [0.4, 0.5) is 4.39 Å². The summed E-state index contributed by atoms with van der Waals surface area (Å²) in [6.07, 6.45) is 9.38. The molecule has 0 aromatic heterocycles. The largest absolute Gasteiger partial charge is 0.327 e. The van der Waals surface area contributed by atoms with E-state index in [1.807, 2.05) is 0 Å². The minimum Gasteiger partial charge on any atom is -0.327 e. The number of hydrogen-bond acceptors (Lipinski definition) is 1. The summed E-state index contributed by atoms with van der Waals surface area (Å²) in [5.41, 5.74) is 4.70. The third-order valence-corrected chi connectivity index (χ3v) is 3.23. The Morgan fingerprint density at radius 1 is 1.14 bits per heavy atom. The van der Waals surface area contributed by atoms with Crippen LogP contribution in [0, 0.1) is 0 Å². The minimum absolute atomic E-state index is 0.139. The second-order valence-electron chi connectivity index (χ2n) is 4.84. The molecule has 0 aromatic carbocycles. The van der Waals surface area contributed by atoms with Gasteiger partial charge in [0, 0.05) is 6.04 Å². The molecule has 0 aromatic rings. The van der Waals surface area contributed by atoms with Crippen LogP contribution in [0.2, 0.25) is 0 Å². The summed E-state index contributed by atoms with van der Waals surface area (Å²) in [6, 6.07) is 0.139. The minimum atomic E-state index is -0.885. The van der Waals surface area contributed by atoms with E-state index in [0.29, 0.717) is 12.8 Å². The summed E-state index contributed by atoms with van der Waals surface area (Å²) in [5, 5.41) is 0. The Balaban J connectivity index is 1.89. The number of nitrogens with two attached hydrogens (primary N) is 1. The van der Waals surface area contributed by atoms with Crippen molar-refractivity contribution in [3.05, 3.63) is 0 Å². The molecule has 0 spiro atoms. The summed E-state index contributed by atoms with van der Waals surface area (Å²) in [4.78, 5) is 0. The van der Waals surface area contributed by atoms with Crippen molar-refractivity contribution < 1.29 is 4.39 Å². The van der Waals surface area contributed by atoms with Gasteiger partial charge < -0.3 is 5.73 Å². The fourth-order valence-electron chi connectivity index (χ4n) is 2.31. The lowest BCUT2D eigenvalue weighted by atomic mass is 9.75. The van der Waals surface area contributed by atoms with Gasteiger partial charge in [-0.05, 0) is 19.3 Å². The maximum Gasteiger partial charge on any atom is 0.114 e. The van der Waals surface area contributed by atoms with Crippen molar-refractivity contribution in [1.29, 1.82) is 0 Å². The second kappa shape index (κ2) is 5.69. The van der Waals surface area contributed by atoms with Crippen LogP contribution in [0.25, 0.3) is 0 Å². The molecule has 0 unspecified atom stereocenters. The zero-order valence-electron chi connectivity index (χ0n) is 9.40. The van der Waals surface area contributed by atoms with Gasteiger partial charge >= 0.3 is 0 Å². The van der Waals surface area contributed by atoms with Gasteiger partial charge in [-0.15, -0.1) is 0 Å². The van der Waals surface area contributed by atoms with Gasteiger partial charge in [-0.1, -0.05) is 45.4 Å². The van der Waals surface area contributed by atoms with Crippen LogP contribution in [-0.2, 0) is 0 Å². The van der Waals surface area contributed by atoms with Crippen LogP contribution in [0.5, 0.6) is 0 Å². The highest BCUT2D eigenvalue weighted by atomic mass is 19.1. The van der Waals surface area contributed by atoms with Crippen LogP contribution < -0.4 is 5.73 Å². The molecule has 1 aliphatic rings. The van der Waals surface area contributed by atoms with Gasteiger partial charge in [0.25, 0.3) is 0 Å². The van der Waals surface area contributed by atoms with Crippen molar-refractivity contribution in [3.63, 3.8) is 0 Å². The molecule has 1 rings (SSSR count). The van der Waals surface area contributed by atoms with E-state index in [0.717, 1.165) is 12.8 Å². The Morgan fingerprint density at radius 2 is 1.71 bits per heavy atom. The predicted molar refractivity (Wildman–Crippen MR) is 59.0 cm³/mol. The van der Waals surface area contributed by atoms with E-state index in [-0.39, 0.29) is 6.04 Å². The van der Waals surface area contributed by atoms with Crippen molar-refractivity contribution in [2.24, 2.45) is 5.73 Å². The van der Waals surface area contributed by atoms with Crippen LogP contribution in [0.3, 0.4) is 0 Å². The fourth-order valence-corrected chi connectivity index (χ4v) is 2.31. The molecule has 0 saturated heterocycles. The monoisotopic (exact) mass is 201 g/mol. The van der Waals surface area contributed by atoms with Gasteiger partial charge in [-0.25, -0.2) is 4.39 Å². The molecule has 0 bridgehead atoms. The first-order valence-electron chi connectivity index (χ1n) is 6.11. The first kappa shape index (κ1) is 12.0. The summed E-state index contributed by atoms with van der Waals surface area (Å²) < 4.78 is 13.7. The van der Waals surface area contributed by atoms with Gasteiger partial charge in [0.1, 0.15) is 5.67 Å². The van der Waals surface area contributed by atoms with Crippen molar-refractivity contribution in [2.75, 3.05) is 0 Å². The Morgan fingerprint density at radius 3 is 2.29 bits per heavy atom. The smallest absolute Gasteiger partial charge is 0.114 e. The molecule has 1 fully saturated rings. The van der Waals surface area contributed by atoms with E-state index in [4.69, 9.17) is 5.73 Å². The van der Waals surface area contributed by atoms with Crippen LogP contribution in [-0.4, -0.2) is 11.7 Å². The molecule has 1 nitrogen and oxygen atoms in total. The van der Waals surface area contributed by atoms with Gasteiger partial charge in [0.05, 0.1) is 0 Å². The topological polar surface area (TPSA) is 26.0 Å². The van der Waals surface area contributed by atoms with Crippen LogP contribution >= 0.6 is 0 Å². The summed E-state index contributed by atoms with van der Waals surface area (Å²) >= 11 is 0. The molecule has 0 heterocycles. The Kier molecular flexibility index (Phi) is 4.86. The van der Waals surface area contributed by atoms with E-state index in [1.54, 1.807) is 0 Å². The molecular weight excluding hydrogens is 177 g/mol. The van der Waals surface area contributed by atoms with Gasteiger partial charge in [-0.3, -0.25) is 0 Å². The summed E-state index contributed by atoms with van der Waals surface area (Å²) in [6.45, 7) is 2.21. The lowest BCUT2D eigenvalue weighted by Crippen LogP contribution is -2.48. The molecule has 0 radical (unpaired) electrons. The van der Waals surface area contributed by atoms with E-state index >= 15 is 0 Å². The average Bonchev–Trinajstić information content (AvgIpc) is 2.09. The van der Waals surface area contributed by atoms with Crippen molar-refractivity contribution in [2.45, 2.75) is 76.4 Å². The van der Waals surface area contributed by atoms with Gasteiger partial charge in [0.15, 0.2) is 0 Å². The number of rotatable bonds is 7. The van der Waals surface area contributed by atoms with Crippen molar-refractivity contribution in [3.8, 4) is 0 Å². The van der Waals surface area contributed by atoms with E-state index in [2.05, 4.69) is 6.92 Å². The molecule has 2 N–H and O–H groups in total. The molecule has 0 amide bonds. The predicted octanol–water partition coefficient (Wildman–Crippen LogP) is 3.57. The molecule has 1 aliphatic carbocycles. The highest BCUT2D eigenvalue weighted by molar-refractivity contribution is 4.96. The molecule has 84 valence electrons. The molecule has 0 aliphatic heterocycles. The first-order valence-corrected chi connectivity index (χ1v) is 6.11. The SMILES string of the molecule is CCCCCCCCC1(F)CC(N)C1. The highest BCUT2D eigenvalue weighted by Crippen LogP contribution is 2.39. The second-order valence-corrected chi connectivity index (χ2v) is 4.84.